The van der Waals surface area contributed by atoms with E-state index in [9.17, 15) is 19.8 Å². The van der Waals surface area contributed by atoms with Crippen molar-refractivity contribution in [3.05, 3.63) is 41.2 Å². The number of aliphatic hydroxyl groups is 1. The van der Waals surface area contributed by atoms with Crippen LogP contribution in [0.3, 0.4) is 0 Å². The monoisotopic (exact) mass is 360 g/mol. The lowest BCUT2D eigenvalue weighted by Gasteiger charge is -2.29. The van der Waals surface area contributed by atoms with Gasteiger partial charge in [-0.15, -0.1) is 0 Å². The Kier molecular flexibility index (Phi) is 5.58. The van der Waals surface area contributed by atoms with E-state index in [2.05, 4.69) is 4.90 Å². The number of phenolic OH excluding ortho intramolecular Hbond substituents is 1. The van der Waals surface area contributed by atoms with Crippen LogP contribution in [0.5, 0.6) is 5.75 Å². The van der Waals surface area contributed by atoms with E-state index < -0.39 is 17.7 Å². The highest BCUT2D eigenvalue weighted by atomic mass is 16.5. The van der Waals surface area contributed by atoms with E-state index in [1.165, 1.54) is 19.1 Å². The highest BCUT2D eigenvalue weighted by Gasteiger charge is 2.42. The topological polar surface area (TPSA) is 90.3 Å². The second-order valence-corrected chi connectivity index (χ2v) is 6.62. The molecule has 2 heterocycles. The maximum absolute atomic E-state index is 12.5. The number of amides is 1. The van der Waals surface area contributed by atoms with Gasteiger partial charge in [0.2, 0.25) is 0 Å². The molecule has 1 aromatic carbocycles. The third-order valence-corrected chi connectivity index (χ3v) is 4.87. The van der Waals surface area contributed by atoms with Crippen molar-refractivity contribution < 1.29 is 24.5 Å². The van der Waals surface area contributed by atoms with Crippen LogP contribution < -0.4 is 0 Å². The van der Waals surface area contributed by atoms with E-state index in [0.29, 0.717) is 12.1 Å². The highest BCUT2D eigenvalue weighted by Crippen LogP contribution is 2.38. The van der Waals surface area contributed by atoms with Crippen molar-refractivity contribution in [2.45, 2.75) is 19.4 Å². The van der Waals surface area contributed by atoms with Crippen LogP contribution in [0.25, 0.3) is 0 Å². The van der Waals surface area contributed by atoms with Crippen LogP contribution >= 0.6 is 0 Å². The Morgan fingerprint density at radius 3 is 2.42 bits per heavy atom. The van der Waals surface area contributed by atoms with Crippen LogP contribution in [-0.4, -0.2) is 71.1 Å². The Hall–Kier alpha value is -2.38. The molecule has 0 radical (unpaired) electrons. The molecule has 1 saturated heterocycles. The van der Waals surface area contributed by atoms with Crippen LogP contribution in [0.2, 0.25) is 0 Å². The molecule has 7 nitrogen and oxygen atoms in total. The number of hydrogen-bond donors (Lipinski definition) is 2. The minimum atomic E-state index is -0.620. The summed E-state index contributed by atoms with van der Waals surface area (Å²) >= 11 is 0. The summed E-state index contributed by atoms with van der Waals surface area (Å²) < 4.78 is 5.33. The van der Waals surface area contributed by atoms with Crippen LogP contribution in [0, 0.1) is 0 Å². The molecule has 140 valence electrons. The van der Waals surface area contributed by atoms with Gasteiger partial charge in [0.15, 0.2) is 11.5 Å². The van der Waals surface area contributed by atoms with Gasteiger partial charge in [0.05, 0.1) is 24.8 Å². The predicted molar refractivity (Wildman–Crippen MR) is 94.8 cm³/mol. The Morgan fingerprint density at radius 1 is 1.15 bits per heavy atom. The van der Waals surface area contributed by atoms with Crippen molar-refractivity contribution in [2.75, 3.05) is 39.4 Å². The molecule has 7 heteroatoms. The molecule has 0 aromatic heterocycles. The minimum absolute atomic E-state index is 0.106. The summed E-state index contributed by atoms with van der Waals surface area (Å²) in [6.45, 7) is 5.79. The number of rotatable bonds is 6. The zero-order valence-electron chi connectivity index (χ0n) is 14.9. The summed E-state index contributed by atoms with van der Waals surface area (Å²) in [6.07, 6.45) is 0.735. The summed E-state index contributed by atoms with van der Waals surface area (Å²) in [6, 6.07) is 5.75. The van der Waals surface area contributed by atoms with E-state index in [4.69, 9.17) is 4.74 Å². The summed E-state index contributed by atoms with van der Waals surface area (Å²) in [4.78, 5) is 28.4. The third kappa shape index (κ3) is 3.73. The number of ether oxygens (including phenoxy) is 1. The number of nitrogens with zero attached hydrogens (tertiary/aromatic N) is 2. The van der Waals surface area contributed by atoms with Crippen molar-refractivity contribution in [3.8, 4) is 5.75 Å². The van der Waals surface area contributed by atoms with Crippen LogP contribution in [0.15, 0.2) is 35.6 Å². The first-order valence-corrected chi connectivity index (χ1v) is 8.83. The lowest BCUT2D eigenvalue weighted by Crippen LogP contribution is -2.39. The Morgan fingerprint density at radius 2 is 1.81 bits per heavy atom. The van der Waals surface area contributed by atoms with Crippen molar-refractivity contribution >= 4 is 11.7 Å². The molecule has 1 atom stereocenters. The summed E-state index contributed by atoms with van der Waals surface area (Å²) in [5.74, 6) is -1.21. The Labute approximate surface area is 152 Å². The van der Waals surface area contributed by atoms with Gasteiger partial charge < -0.3 is 19.8 Å². The highest BCUT2D eigenvalue weighted by molar-refractivity contribution is 6.08. The Bertz CT molecular complexity index is 707. The fourth-order valence-corrected chi connectivity index (χ4v) is 3.54. The molecule has 0 saturated carbocycles. The van der Waals surface area contributed by atoms with Crippen molar-refractivity contribution in [3.63, 3.8) is 0 Å². The van der Waals surface area contributed by atoms with Crippen molar-refractivity contribution in [1.82, 2.24) is 9.80 Å². The van der Waals surface area contributed by atoms with E-state index in [0.717, 1.165) is 39.3 Å². The first-order chi connectivity index (χ1) is 12.5. The molecule has 1 amide bonds. The Balaban J connectivity index is 1.76. The molecule has 2 aliphatic heterocycles. The minimum Gasteiger partial charge on any atom is -0.508 e. The maximum Gasteiger partial charge on any atom is 0.290 e. The van der Waals surface area contributed by atoms with Gasteiger partial charge in [-0.2, -0.15) is 0 Å². The molecule has 2 N–H and O–H groups in total. The van der Waals surface area contributed by atoms with Gasteiger partial charge in [0, 0.05) is 26.2 Å². The number of hydrogen-bond acceptors (Lipinski definition) is 6. The number of aliphatic hydroxyl groups excluding tert-OH is 1. The fraction of sp³-hybridized carbons (Fsp3) is 0.474. The number of aromatic hydroxyl groups is 1. The quantitative estimate of drug-likeness (QED) is 0.797. The van der Waals surface area contributed by atoms with Gasteiger partial charge in [-0.3, -0.25) is 14.5 Å². The summed E-state index contributed by atoms with van der Waals surface area (Å²) in [5.41, 5.74) is 0.809. The number of phenols is 1. The van der Waals surface area contributed by atoms with Crippen LogP contribution in [0.1, 0.15) is 24.9 Å². The molecular formula is C19H24N2O5. The second kappa shape index (κ2) is 7.88. The average molecular weight is 360 g/mol. The number of carbonyl (C=O) groups excluding carboxylic acids is 2. The molecule has 0 spiro atoms. The van der Waals surface area contributed by atoms with E-state index >= 15 is 0 Å². The van der Waals surface area contributed by atoms with Gasteiger partial charge in [-0.25, -0.2) is 0 Å². The molecule has 3 rings (SSSR count). The number of Topliss-reactive ketones (excluding diaryl/α,β-unsaturated/α-hetero) is 1. The van der Waals surface area contributed by atoms with E-state index in [1.54, 1.807) is 17.0 Å². The van der Waals surface area contributed by atoms with Gasteiger partial charge >= 0.3 is 0 Å². The van der Waals surface area contributed by atoms with Gasteiger partial charge in [0.1, 0.15) is 5.75 Å². The van der Waals surface area contributed by atoms with Crippen LogP contribution in [0.4, 0.5) is 0 Å². The molecule has 26 heavy (non-hydrogen) atoms. The lowest BCUT2D eigenvalue weighted by molar-refractivity contribution is -0.129. The number of morpholine rings is 1. The largest absolute Gasteiger partial charge is 0.508 e. The summed E-state index contributed by atoms with van der Waals surface area (Å²) in [7, 11) is 0. The van der Waals surface area contributed by atoms with Gasteiger partial charge in [-0.1, -0.05) is 12.1 Å². The summed E-state index contributed by atoms with van der Waals surface area (Å²) in [5, 5.41) is 19.7. The van der Waals surface area contributed by atoms with Gasteiger partial charge in [-0.05, 0) is 31.0 Å². The zero-order valence-corrected chi connectivity index (χ0v) is 14.9. The molecule has 1 fully saturated rings. The first kappa shape index (κ1) is 18.4. The molecular weight excluding hydrogens is 336 g/mol. The number of benzene rings is 1. The van der Waals surface area contributed by atoms with Crippen molar-refractivity contribution in [1.29, 1.82) is 0 Å². The number of ketones is 1. The normalized spacial score (nSPS) is 21.5. The molecule has 0 aliphatic carbocycles. The average Bonchev–Trinajstić information content (AvgIpc) is 2.88. The van der Waals surface area contributed by atoms with E-state index in [1.807, 2.05) is 0 Å². The molecule has 0 bridgehead atoms. The molecule has 2 aliphatic rings. The zero-order chi connectivity index (χ0) is 18.7. The molecule has 1 aromatic rings. The standard InChI is InChI=1S/C19H24N2O5/c1-13(22)16-17(14-3-5-15(23)6-4-14)21(19(25)18(16)24)8-2-7-20-9-11-26-12-10-20/h3-6,17,23-24H,2,7-12H2,1H3/t17-/m0/s1. The second-order valence-electron chi connectivity index (χ2n) is 6.62. The van der Waals surface area contributed by atoms with E-state index in [-0.39, 0.29) is 17.1 Å². The lowest BCUT2D eigenvalue weighted by atomic mass is 9.96. The smallest absolute Gasteiger partial charge is 0.290 e. The number of carbonyl (C=O) groups is 2. The molecule has 0 unspecified atom stereocenters. The SMILES string of the molecule is CC(=O)C1=C(O)C(=O)N(CCCN2CCOCC2)[C@H]1c1ccc(O)cc1. The van der Waals surface area contributed by atoms with Gasteiger partial charge in [0.25, 0.3) is 5.91 Å². The predicted octanol–water partition coefficient (Wildman–Crippen LogP) is 1.40. The van der Waals surface area contributed by atoms with Crippen molar-refractivity contribution in [2.24, 2.45) is 0 Å². The first-order valence-electron chi connectivity index (χ1n) is 8.83. The van der Waals surface area contributed by atoms with Crippen LogP contribution in [-0.2, 0) is 14.3 Å². The third-order valence-electron chi connectivity index (χ3n) is 4.87. The fourth-order valence-electron chi connectivity index (χ4n) is 3.54. The maximum atomic E-state index is 12.5.